The van der Waals surface area contributed by atoms with Crippen molar-refractivity contribution in [3.8, 4) is 5.75 Å². The lowest BCUT2D eigenvalue weighted by Gasteiger charge is -2.35. The molecule has 0 saturated heterocycles. The molecule has 31 heavy (non-hydrogen) atoms. The minimum Gasteiger partial charge on any atom is -0.497 e. The SMILES string of the molecule is CCCCOC(=O)Nc1ccc(C(=O)/C=C2\NC(C)(C)Cc3ccc(OC)cc32)cc1. The van der Waals surface area contributed by atoms with E-state index in [0.717, 1.165) is 36.3 Å². The van der Waals surface area contributed by atoms with Crippen molar-refractivity contribution in [1.82, 2.24) is 5.32 Å². The van der Waals surface area contributed by atoms with Crippen molar-refractivity contribution in [2.45, 2.75) is 45.6 Å². The molecule has 0 unspecified atom stereocenters. The fraction of sp³-hybridized carbons (Fsp3) is 0.360. The van der Waals surface area contributed by atoms with E-state index in [0.29, 0.717) is 17.9 Å². The van der Waals surface area contributed by atoms with Gasteiger partial charge in [0.05, 0.1) is 13.7 Å². The van der Waals surface area contributed by atoms with Crippen LogP contribution in [0.25, 0.3) is 5.70 Å². The van der Waals surface area contributed by atoms with Gasteiger partial charge in [0.15, 0.2) is 5.78 Å². The summed E-state index contributed by atoms with van der Waals surface area (Å²) >= 11 is 0. The molecule has 164 valence electrons. The lowest BCUT2D eigenvalue weighted by Crippen LogP contribution is -2.43. The second-order valence-corrected chi connectivity index (χ2v) is 8.32. The Morgan fingerprint density at radius 3 is 2.58 bits per heavy atom. The number of carbonyl (C=O) groups is 2. The Balaban J connectivity index is 1.76. The van der Waals surface area contributed by atoms with Crippen molar-refractivity contribution in [3.63, 3.8) is 0 Å². The van der Waals surface area contributed by atoms with Gasteiger partial charge in [0.25, 0.3) is 0 Å². The summed E-state index contributed by atoms with van der Waals surface area (Å²) in [5, 5.41) is 6.14. The van der Waals surface area contributed by atoms with Gasteiger partial charge >= 0.3 is 6.09 Å². The fourth-order valence-corrected chi connectivity index (χ4v) is 3.55. The van der Waals surface area contributed by atoms with E-state index in [1.165, 1.54) is 5.56 Å². The Morgan fingerprint density at radius 1 is 1.16 bits per heavy atom. The molecule has 0 bridgehead atoms. The van der Waals surface area contributed by atoms with Gasteiger partial charge in [-0.3, -0.25) is 10.1 Å². The molecule has 0 fully saturated rings. The quantitative estimate of drug-likeness (QED) is 0.365. The molecule has 1 aliphatic heterocycles. The van der Waals surface area contributed by atoms with Crippen LogP contribution in [0, 0.1) is 0 Å². The van der Waals surface area contributed by atoms with Crippen LogP contribution in [-0.2, 0) is 11.2 Å². The molecule has 6 heteroatoms. The van der Waals surface area contributed by atoms with Crippen molar-refractivity contribution in [2.75, 3.05) is 19.0 Å². The predicted octanol–water partition coefficient (Wildman–Crippen LogP) is 5.19. The topological polar surface area (TPSA) is 76.7 Å². The molecule has 1 heterocycles. The molecule has 1 amide bonds. The monoisotopic (exact) mass is 422 g/mol. The lowest BCUT2D eigenvalue weighted by molar-refractivity contribution is 0.104. The number of unbranched alkanes of at least 4 members (excludes halogenated alkanes) is 1. The van der Waals surface area contributed by atoms with Crippen LogP contribution >= 0.6 is 0 Å². The number of allylic oxidation sites excluding steroid dienone is 1. The van der Waals surface area contributed by atoms with Gasteiger partial charge in [-0.2, -0.15) is 0 Å². The van der Waals surface area contributed by atoms with Crippen molar-refractivity contribution in [1.29, 1.82) is 0 Å². The zero-order valence-electron chi connectivity index (χ0n) is 18.6. The number of rotatable bonds is 7. The number of fused-ring (bicyclic) bond motifs is 1. The second-order valence-electron chi connectivity index (χ2n) is 8.32. The van der Waals surface area contributed by atoms with Gasteiger partial charge in [0, 0.05) is 34.1 Å². The van der Waals surface area contributed by atoms with Gasteiger partial charge in [-0.1, -0.05) is 19.4 Å². The molecule has 0 aliphatic carbocycles. The fourth-order valence-electron chi connectivity index (χ4n) is 3.55. The lowest BCUT2D eigenvalue weighted by atomic mass is 9.85. The Labute approximate surface area is 183 Å². The highest BCUT2D eigenvalue weighted by Gasteiger charge is 2.28. The average Bonchev–Trinajstić information content (AvgIpc) is 2.73. The maximum absolute atomic E-state index is 12.9. The minimum atomic E-state index is -0.492. The van der Waals surface area contributed by atoms with Crippen LogP contribution < -0.4 is 15.4 Å². The summed E-state index contributed by atoms with van der Waals surface area (Å²) < 4.78 is 10.5. The van der Waals surface area contributed by atoms with E-state index in [9.17, 15) is 9.59 Å². The first-order valence-corrected chi connectivity index (χ1v) is 10.6. The van der Waals surface area contributed by atoms with Crippen LogP contribution in [-0.4, -0.2) is 31.1 Å². The van der Waals surface area contributed by atoms with Crippen LogP contribution in [0.15, 0.2) is 48.5 Å². The summed E-state index contributed by atoms with van der Waals surface area (Å²) in [6.45, 7) is 6.64. The normalized spacial score (nSPS) is 15.5. The number of benzene rings is 2. The van der Waals surface area contributed by atoms with Crippen molar-refractivity contribution in [2.24, 2.45) is 0 Å². The highest BCUT2D eigenvalue weighted by atomic mass is 16.5. The first-order chi connectivity index (χ1) is 14.8. The molecular formula is C25H30N2O4. The number of nitrogens with one attached hydrogen (secondary N) is 2. The number of anilines is 1. The number of methoxy groups -OCH3 is 1. The van der Waals surface area contributed by atoms with Crippen LogP contribution in [0.2, 0.25) is 0 Å². The van der Waals surface area contributed by atoms with Crippen molar-refractivity contribution >= 4 is 23.3 Å². The molecular weight excluding hydrogens is 392 g/mol. The highest BCUT2D eigenvalue weighted by Crippen LogP contribution is 2.32. The van der Waals surface area contributed by atoms with Gasteiger partial charge in [0.2, 0.25) is 0 Å². The zero-order chi connectivity index (χ0) is 22.4. The Bertz CT molecular complexity index is 978. The van der Waals surface area contributed by atoms with Crippen LogP contribution in [0.3, 0.4) is 0 Å². The number of hydrogen-bond donors (Lipinski definition) is 2. The summed E-state index contributed by atoms with van der Waals surface area (Å²) in [4.78, 5) is 24.7. The van der Waals surface area contributed by atoms with E-state index in [2.05, 4.69) is 30.5 Å². The number of ketones is 1. The molecule has 2 N–H and O–H groups in total. The third-order valence-corrected chi connectivity index (χ3v) is 5.13. The summed E-state index contributed by atoms with van der Waals surface area (Å²) in [5.41, 5.74) is 3.87. The molecule has 1 aliphatic rings. The Morgan fingerprint density at radius 2 is 1.90 bits per heavy atom. The third-order valence-electron chi connectivity index (χ3n) is 5.13. The summed E-state index contributed by atoms with van der Waals surface area (Å²) in [7, 11) is 1.63. The van der Waals surface area contributed by atoms with Gasteiger partial charge < -0.3 is 14.8 Å². The summed E-state index contributed by atoms with van der Waals surface area (Å²) in [6, 6.07) is 12.7. The van der Waals surface area contributed by atoms with E-state index < -0.39 is 6.09 Å². The van der Waals surface area contributed by atoms with E-state index in [4.69, 9.17) is 9.47 Å². The molecule has 0 radical (unpaired) electrons. The maximum Gasteiger partial charge on any atom is 0.411 e. The average molecular weight is 423 g/mol. The Kier molecular flexibility index (Phi) is 7.00. The molecule has 3 rings (SSSR count). The number of carbonyl (C=O) groups excluding carboxylic acids is 2. The smallest absolute Gasteiger partial charge is 0.411 e. The summed E-state index contributed by atoms with van der Waals surface area (Å²) in [6.07, 6.45) is 3.78. The molecule has 2 aromatic carbocycles. The molecule has 0 atom stereocenters. The molecule has 0 spiro atoms. The number of ether oxygens (including phenoxy) is 2. The van der Waals surface area contributed by atoms with Crippen LogP contribution in [0.1, 0.15) is 55.1 Å². The molecule has 0 aromatic heterocycles. The second kappa shape index (κ2) is 9.69. The van der Waals surface area contributed by atoms with Gasteiger partial charge in [0.1, 0.15) is 5.75 Å². The Hall–Kier alpha value is -3.28. The highest BCUT2D eigenvalue weighted by molar-refractivity contribution is 6.09. The van der Waals surface area contributed by atoms with Gasteiger partial charge in [-0.05, 0) is 68.7 Å². The summed E-state index contributed by atoms with van der Waals surface area (Å²) in [5.74, 6) is 0.630. The first kappa shape index (κ1) is 22.4. The molecule has 0 saturated carbocycles. The molecule has 2 aromatic rings. The van der Waals surface area contributed by atoms with Crippen LogP contribution in [0.5, 0.6) is 5.75 Å². The van der Waals surface area contributed by atoms with Crippen molar-refractivity contribution < 1.29 is 19.1 Å². The van der Waals surface area contributed by atoms with E-state index in [1.54, 1.807) is 37.5 Å². The number of amides is 1. The van der Waals surface area contributed by atoms with Gasteiger partial charge in [-0.15, -0.1) is 0 Å². The minimum absolute atomic E-state index is 0.119. The molecule has 6 nitrogen and oxygen atoms in total. The van der Waals surface area contributed by atoms with Crippen LogP contribution in [0.4, 0.5) is 10.5 Å². The predicted molar refractivity (Wildman–Crippen MR) is 123 cm³/mol. The number of hydrogen-bond acceptors (Lipinski definition) is 5. The standard InChI is InChI=1S/C25H30N2O4/c1-5-6-13-31-24(29)26-19-10-7-17(8-11-19)23(28)15-22-21-14-20(30-4)12-9-18(21)16-25(2,3)27-22/h7-12,14-15,27H,5-6,13,16H2,1-4H3,(H,26,29)/b22-15-. The van der Waals surface area contributed by atoms with Crippen molar-refractivity contribution in [3.05, 3.63) is 65.2 Å². The maximum atomic E-state index is 12.9. The van der Waals surface area contributed by atoms with E-state index in [1.807, 2.05) is 19.1 Å². The third kappa shape index (κ3) is 5.87. The van der Waals surface area contributed by atoms with Gasteiger partial charge in [-0.25, -0.2) is 4.79 Å². The zero-order valence-corrected chi connectivity index (χ0v) is 18.6. The van der Waals surface area contributed by atoms with E-state index in [-0.39, 0.29) is 11.3 Å². The first-order valence-electron chi connectivity index (χ1n) is 10.6. The largest absolute Gasteiger partial charge is 0.497 e. The van der Waals surface area contributed by atoms with E-state index >= 15 is 0 Å².